The summed E-state index contributed by atoms with van der Waals surface area (Å²) in [5.41, 5.74) is 1.61. The first-order valence-electron chi connectivity index (χ1n) is 8.46. The quantitative estimate of drug-likeness (QED) is 0.907. The summed E-state index contributed by atoms with van der Waals surface area (Å²) in [5.74, 6) is -0.332. The Labute approximate surface area is 136 Å². The van der Waals surface area contributed by atoms with Gasteiger partial charge in [0, 0.05) is 6.61 Å². The molecule has 1 N–H and O–H groups in total. The second-order valence-corrected chi connectivity index (χ2v) is 6.37. The van der Waals surface area contributed by atoms with Crippen LogP contribution in [0, 0.1) is 5.82 Å². The summed E-state index contributed by atoms with van der Waals surface area (Å²) < 4.78 is 25.0. The van der Waals surface area contributed by atoms with Crippen molar-refractivity contribution in [3.63, 3.8) is 0 Å². The molecule has 1 aromatic rings. The van der Waals surface area contributed by atoms with Crippen LogP contribution < -0.4 is 5.32 Å². The van der Waals surface area contributed by atoms with Crippen LogP contribution in [0.25, 0.3) is 0 Å². The van der Waals surface area contributed by atoms with Gasteiger partial charge in [-0.05, 0) is 56.2 Å². The van der Waals surface area contributed by atoms with E-state index in [1.165, 1.54) is 6.07 Å². The first-order chi connectivity index (χ1) is 11.1. The van der Waals surface area contributed by atoms with E-state index in [9.17, 15) is 9.18 Å². The molecule has 3 rings (SSSR count). The number of carbonyl (C=O) groups excluding carboxylic acids is 1. The second-order valence-electron chi connectivity index (χ2n) is 6.37. The molecule has 0 aromatic heterocycles. The fourth-order valence-electron chi connectivity index (χ4n) is 3.31. The maximum absolute atomic E-state index is 13.7. The van der Waals surface area contributed by atoms with Crippen molar-refractivity contribution in [1.82, 2.24) is 5.32 Å². The van der Waals surface area contributed by atoms with Crippen LogP contribution in [-0.2, 0) is 20.7 Å². The van der Waals surface area contributed by atoms with Gasteiger partial charge < -0.3 is 14.8 Å². The number of benzene rings is 1. The van der Waals surface area contributed by atoms with Gasteiger partial charge in [-0.1, -0.05) is 12.1 Å². The van der Waals surface area contributed by atoms with Crippen molar-refractivity contribution in [2.24, 2.45) is 0 Å². The van der Waals surface area contributed by atoms with Crippen molar-refractivity contribution in [2.45, 2.75) is 57.3 Å². The molecule has 126 valence electrons. The van der Waals surface area contributed by atoms with E-state index in [2.05, 4.69) is 5.32 Å². The zero-order chi connectivity index (χ0) is 16.2. The highest BCUT2D eigenvalue weighted by Gasteiger charge is 2.28. The van der Waals surface area contributed by atoms with Crippen molar-refractivity contribution in [3.05, 3.63) is 35.1 Å². The van der Waals surface area contributed by atoms with Crippen LogP contribution in [0.15, 0.2) is 18.2 Å². The van der Waals surface area contributed by atoms with E-state index in [1.807, 2.05) is 6.07 Å². The van der Waals surface area contributed by atoms with Gasteiger partial charge in [0.05, 0.1) is 18.8 Å². The Bertz CT molecular complexity index is 557. The van der Waals surface area contributed by atoms with E-state index >= 15 is 0 Å². The number of carbonyl (C=O) groups is 1. The Kier molecular flexibility index (Phi) is 5.28. The molecule has 23 heavy (non-hydrogen) atoms. The molecule has 2 aliphatic rings. The zero-order valence-electron chi connectivity index (χ0n) is 13.5. The third-order valence-electron chi connectivity index (χ3n) is 4.71. The molecule has 0 unspecified atom stereocenters. The third kappa shape index (κ3) is 3.90. The first kappa shape index (κ1) is 16.4. The maximum atomic E-state index is 13.7. The van der Waals surface area contributed by atoms with Crippen LogP contribution in [0.1, 0.15) is 49.8 Å². The van der Waals surface area contributed by atoms with E-state index < -0.39 is 6.10 Å². The van der Waals surface area contributed by atoms with Crippen molar-refractivity contribution < 1.29 is 18.7 Å². The Hall–Kier alpha value is -1.46. The molecule has 0 spiro atoms. The predicted octanol–water partition coefficient (Wildman–Crippen LogP) is 2.90. The molecule has 1 aliphatic carbocycles. The van der Waals surface area contributed by atoms with Gasteiger partial charge in [0.2, 0.25) is 5.91 Å². The highest BCUT2D eigenvalue weighted by molar-refractivity contribution is 5.81. The highest BCUT2D eigenvalue weighted by atomic mass is 19.1. The Morgan fingerprint density at radius 3 is 3.09 bits per heavy atom. The second kappa shape index (κ2) is 7.41. The summed E-state index contributed by atoms with van der Waals surface area (Å²) in [7, 11) is 0. The number of halogens is 1. The smallest absolute Gasteiger partial charge is 0.249 e. The van der Waals surface area contributed by atoms with E-state index in [0.717, 1.165) is 43.4 Å². The van der Waals surface area contributed by atoms with Gasteiger partial charge in [0.15, 0.2) is 0 Å². The van der Waals surface area contributed by atoms with Crippen LogP contribution in [0.3, 0.4) is 0 Å². The number of ether oxygens (including phenoxy) is 2. The molecule has 1 amide bonds. The number of rotatable bonds is 5. The Morgan fingerprint density at radius 1 is 1.43 bits per heavy atom. The molecule has 4 nitrogen and oxygen atoms in total. The molecule has 1 heterocycles. The fourth-order valence-corrected chi connectivity index (χ4v) is 3.31. The molecule has 3 atom stereocenters. The largest absolute Gasteiger partial charge is 0.376 e. The predicted molar refractivity (Wildman–Crippen MR) is 84.6 cm³/mol. The minimum Gasteiger partial charge on any atom is -0.376 e. The van der Waals surface area contributed by atoms with Crippen LogP contribution >= 0.6 is 0 Å². The molecule has 1 fully saturated rings. The number of hydrogen-bond acceptors (Lipinski definition) is 3. The lowest BCUT2D eigenvalue weighted by atomic mass is 10.1. The number of amides is 1. The summed E-state index contributed by atoms with van der Waals surface area (Å²) in [4.78, 5) is 12.3. The number of fused-ring (bicyclic) bond motifs is 1. The number of hydrogen-bond donors (Lipinski definition) is 1. The molecule has 0 saturated carbocycles. The molecule has 1 aliphatic heterocycles. The SMILES string of the molecule is C[C@@H](OC[C@@H]1CCCCO1)C(=O)N[C@H]1CCc2c(F)cccc21. The highest BCUT2D eigenvalue weighted by Crippen LogP contribution is 2.32. The van der Waals surface area contributed by atoms with Gasteiger partial charge in [-0.15, -0.1) is 0 Å². The summed E-state index contributed by atoms with van der Waals surface area (Å²) in [6, 6.07) is 4.93. The average molecular weight is 321 g/mol. The molecule has 0 bridgehead atoms. The van der Waals surface area contributed by atoms with E-state index in [-0.39, 0.29) is 23.9 Å². The minimum atomic E-state index is -0.530. The lowest BCUT2D eigenvalue weighted by molar-refractivity contribution is -0.136. The normalized spacial score (nSPS) is 25.0. The Morgan fingerprint density at radius 2 is 2.30 bits per heavy atom. The number of nitrogens with one attached hydrogen (secondary N) is 1. The molecule has 1 aromatic carbocycles. The van der Waals surface area contributed by atoms with Crippen molar-refractivity contribution in [2.75, 3.05) is 13.2 Å². The van der Waals surface area contributed by atoms with Gasteiger partial charge in [0.1, 0.15) is 11.9 Å². The van der Waals surface area contributed by atoms with Crippen LogP contribution in [0.4, 0.5) is 4.39 Å². The fraction of sp³-hybridized carbons (Fsp3) is 0.611. The standard InChI is InChI=1S/C18H24FNO3/c1-12(23-11-13-5-2-3-10-22-13)18(21)20-17-9-8-14-15(17)6-4-7-16(14)19/h4,6-7,12-13,17H,2-3,5,8-11H2,1H3,(H,20,21)/t12-,13+,17+/m1/s1. The third-order valence-corrected chi connectivity index (χ3v) is 4.71. The van der Waals surface area contributed by atoms with E-state index in [0.29, 0.717) is 13.0 Å². The van der Waals surface area contributed by atoms with Crippen molar-refractivity contribution in [1.29, 1.82) is 0 Å². The van der Waals surface area contributed by atoms with Gasteiger partial charge >= 0.3 is 0 Å². The first-order valence-corrected chi connectivity index (χ1v) is 8.46. The lowest BCUT2D eigenvalue weighted by Crippen LogP contribution is -2.38. The molecule has 1 saturated heterocycles. The van der Waals surface area contributed by atoms with Gasteiger partial charge in [0.25, 0.3) is 0 Å². The molecular formula is C18H24FNO3. The van der Waals surface area contributed by atoms with Crippen LogP contribution in [0.5, 0.6) is 0 Å². The Balaban J connectivity index is 1.50. The monoisotopic (exact) mass is 321 g/mol. The van der Waals surface area contributed by atoms with Gasteiger partial charge in [-0.3, -0.25) is 4.79 Å². The summed E-state index contributed by atoms with van der Waals surface area (Å²) >= 11 is 0. The zero-order valence-corrected chi connectivity index (χ0v) is 13.5. The average Bonchev–Trinajstić information content (AvgIpc) is 2.98. The van der Waals surface area contributed by atoms with Gasteiger partial charge in [-0.25, -0.2) is 4.39 Å². The molecular weight excluding hydrogens is 297 g/mol. The summed E-state index contributed by atoms with van der Waals surface area (Å²) in [6.45, 7) is 2.98. The minimum absolute atomic E-state index is 0.0975. The summed E-state index contributed by atoms with van der Waals surface area (Å²) in [5, 5.41) is 2.98. The lowest BCUT2D eigenvalue weighted by Gasteiger charge is -2.24. The van der Waals surface area contributed by atoms with Crippen molar-refractivity contribution in [3.8, 4) is 0 Å². The van der Waals surface area contributed by atoms with Gasteiger partial charge in [-0.2, -0.15) is 0 Å². The molecule has 5 heteroatoms. The van der Waals surface area contributed by atoms with E-state index in [1.54, 1.807) is 13.0 Å². The summed E-state index contributed by atoms with van der Waals surface area (Å²) in [6.07, 6.45) is 4.21. The van der Waals surface area contributed by atoms with Crippen LogP contribution in [0.2, 0.25) is 0 Å². The molecule has 0 radical (unpaired) electrons. The maximum Gasteiger partial charge on any atom is 0.249 e. The topological polar surface area (TPSA) is 47.6 Å². The van der Waals surface area contributed by atoms with E-state index in [4.69, 9.17) is 9.47 Å². The van der Waals surface area contributed by atoms with Crippen LogP contribution in [-0.4, -0.2) is 31.3 Å². The van der Waals surface area contributed by atoms with Crippen molar-refractivity contribution >= 4 is 5.91 Å².